The molecule has 4 rings (SSSR count). The molecule has 3 fully saturated rings. The van der Waals surface area contributed by atoms with Gasteiger partial charge in [-0.1, -0.05) is 6.42 Å². The zero-order chi connectivity index (χ0) is 13.7. The van der Waals surface area contributed by atoms with Crippen molar-refractivity contribution >= 4 is 11.6 Å². The lowest BCUT2D eigenvalue weighted by molar-refractivity contribution is 0.0901. The Bertz CT molecular complexity index is 524. The molecule has 3 N–H and O–H groups in total. The molecule has 0 radical (unpaired) electrons. The van der Waals surface area contributed by atoms with Crippen molar-refractivity contribution in [3.8, 4) is 0 Å². The molecule has 5 atom stereocenters. The summed E-state index contributed by atoms with van der Waals surface area (Å²) in [6.07, 6.45) is 6.78. The second kappa shape index (κ2) is 4.51. The Kier molecular flexibility index (Phi) is 2.76. The van der Waals surface area contributed by atoms with E-state index in [0.29, 0.717) is 11.7 Å². The third-order valence-corrected chi connectivity index (χ3v) is 5.92. The van der Waals surface area contributed by atoms with Crippen LogP contribution in [0.2, 0.25) is 0 Å². The fourth-order valence-electron chi connectivity index (χ4n) is 5.12. The molecule has 0 saturated heterocycles. The molecule has 0 aromatic heterocycles. The number of anilines is 1. The van der Waals surface area contributed by atoms with Crippen LogP contribution in [-0.4, -0.2) is 11.9 Å². The molecule has 1 amide bonds. The molecule has 2 bridgehead atoms. The van der Waals surface area contributed by atoms with Gasteiger partial charge in [-0.3, -0.25) is 4.79 Å². The predicted octanol–water partition coefficient (Wildman–Crippen LogP) is 2.82. The zero-order valence-electron chi connectivity index (χ0n) is 11.7. The van der Waals surface area contributed by atoms with E-state index < -0.39 is 0 Å². The molecule has 0 aliphatic heterocycles. The highest BCUT2D eigenvalue weighted by Crippen LogP contribution is 2.58. The van der Waals surface area contributed by atoms with E-state index in [9.17, 15) is 4.79 Å². The normalized spacial score (nSPS) is 37.9. The lowest BCUT2D eigenvalue weighted by atomic mass is 9.79. The number of nitrogens with two attached hydrogens (primary N) is 1. The number of benzene rings is 1. The van der Waals surface area contributed by atoms with E-state index in [-0.39, 0.29) is 5.91 Å². The standard InChI is InChI=1S/C17H22N2O/c18-12-6-4-10(5-7-12)17(20)19-16-9-11-8-15(16)14-3-1-2-13(11)14/h4-7,11,13-16H,1-3,8-9,18H2,(H,19,20)/t11-,13-,14-,15-,16+/m0/s1. The van der Waals surface area contributed by atoms with Gasteiger partial charge < -0.3 is 11.1 Å². The molecule has 20 heavy (non-hydrogen) atoms. The van der Waals surface area contributed by atoms with Crippen LogP contribution in [0.4, 0.5) is 5.69 Å². The summed E-state index contributed by atoms with van der Waals surface area (Å²) in [7, 11) is 0. The molecule has 0 unspecified atom stereocenters. The molecular weight excluding hydrogens is 248 g/mol. The molecule has 3 saturated carbocycles. The van der Waals surface area contributed by atoms with Gasteiger partial charge in [0.05, 0.1) is 0 Å². The van der Waals surface area contributed by atoms with E-state index in [1.807, 2.05) is 12.1 Å². The minimum absolute atomic E-state index is 0.0668. The molecule has 0 spiro atoms. The maximum absolute atomic E-state index is 12.3. The van der Waals surface area contributed by atoms with Crippen LogP contribution < -0.4 is 11.1 Å². The Morgan fingerprint density at radius 3 is 2.60 bits per heavy atom. The number of hydrogen-bond acceptors (Lipinski definition) is 2. The Morgan fingerprint density at radius 2 is 1.80 bits per heavy atom. The van der Waals surface area contributed by atoms with Gasteiger partial charge in [-0.2, -0.15) is 0 Å². The third kappa shape index (κ3) is 1.83. The molecule has 3 aliphatic carbocycles. The quantitative estimate of drug-likeness (QED) is 0.812. The number of carbonyl (C=O) groups is 1. The van der Waals surface area contributed by atoms with Crippen molar-refractivity contribution in [2.75, 3.05) is 5.73 Å². The van der Waals surface area contributed by atoms with Crippen molar-refractivity contribution in [3.05, 3.63) is 29.8 Å². The molecule has 1 aromatic carbocycles. The van der Waals surface area contributed by atoms with Crippen LogP contribution >= 0.6 is 0 Å². The monoisotopic (exact) mass is 270 g/mol. The summed E-state index contributed by atoms with van der Waals surface area (Å²) < 4.78 is 0. The summed E-state index contributed by atoms with van der Waals surface area (Å²) in [5.41, 5.74) is 7.10. The maximum Gasteiger partial charge on any atom is 0.251 e. The highest BCUT2D eigenvalue weighted by atomic mass is 16.1. The number of nitrogens with one attached hydrogen (secondary N) is 1. The van der Waals surface area contributed by atoms with Crippen LogP contribution in [0.15, 0.2) is 24.3 Å². The second-order valence-corrected chi connectivity index (χ2v) is 6.86. The van der Waals surface area contributed by atoms with Crippen molar-refractivity contribution in [3.63, 3.8) is 0 Å². The van der Waals surface area contributed by atoms with Gasteiger partial charge in [-0.25, -0.2) is 0 Å². The lowest BCUT2D eigenvalue weighted by Crippen LogP contribution is -2.42. The molecule has 1 aromatic rings. The Labute approximate surface area is 119 Å². The van der Waals surface area contributed by atoms with Crippen LogP contribution in [0.1, 0.15) is 42.5 Å². The van der Waals surface area contributed by atoms with E-state index >= 15 is 0 Å². The smallest absolute Gasteiger partial charge is 0.251 e. The summed E-state index contributed by atoms with van der Waals surface area (Å²) in [4.78, 5) is 12.3. The first kappa shape index (κ1) is 12.2. The SMILES string of the molecule is Nc1ccc(C(=O)N[C@@H]2C[C@@H]3C[C@H]2[C@H]2CCC[C@@H]32)cc1. The maximum atomic E-state index is 12.3. The number of nitrogen functional groups attached to an aromatic ring is 1. The summed E-state index contributed by atoms with van der Waals surface area (Å²) >= 11 is 0. The first-order valence-corrected chi connectivity index (χ1v) is 7.89. The van der Waals surface area contributed by atoms with Gasteiger partial charge in [0.2, 0.25) is 0 Å². The van der Waals surface area contributed by atoms with Crippen molar-refractivity contribution in [1.29, 1.82) is 0 Å². The van der Waals surface area contributed by atoms with E-state index in [1.54, 1.807) is 12.1 Å². The van der Waals surface area contributed by atoms with Gasteiger partial charge in [0.15, 0.2) is 0 Å². The van der Waals surface area contributed by atoms with Crippen LogP contribution in [0.25, 0.3) is 0 Å². The Balaban J connectivity index is 1.45. The van der Waals surface area contributed by atoms with Gasteiger partial charge in [0.1, 0.15) is 0 Å². The topological polar surface area (TPSA) is 55.1 Å². The molecule has 3 nitrogen and oxygen atoms in total. The van der Waals surface area contributed by atoms with Crippen molar-refractivity contribution in [2.45, 2.75) is 38.1 Å². The number of amides is 1. The lowest BCUT2D eigenvalue weighted by Gasteiger charge is -2.32. The summed E-state index contributed by atoms with van der Waals surface area (Å²) in [5.74, 6) is 3.56. The minimum atomic E-state index is 0.0668. The Hall–Kier alpha value is -1.51. The van der Waals surface area contributed by atoms with Gasteiger partial charge in [-0.15, -0.1) is 0 Å². The van der Waals surface area contributed by atoms with Gasteiger partial charge in [-0.05, 0) is 73.6 Å². The minimum Gasteiger partial charge on any atom is -0.399 e. The van der Waals surface area contributed by atoms with E-state index in [2.05, 4.69) is 5.32 Å². The molecule has 0 heterocycles. The predicted molar refractivity (Wildman–Crippen MR) is 79.2 cm³/mol. The van der Waals surface area contributed by atoms with Crippen LogP contribution in [-0.2, 0) is 0 Å². The Morgan fingerprint density at radius 1 is 1.05 bits per heavy atom. The fraction of sp³-hybridized carbons (Fsp3) is 0.588. The highest BCUT2D eigenvalue weighted by molar-refractivity contribution is 5.94. The first-order valence-electron chi connectivity index (χ1n) is 7.89. The highest BCUT2D eigenvalue weighted by Gasteiger charge is 2.53. The van der Waals surface area contributed by atoms with Crippen molar-refractivity contribution in [1.82, 2.24) is 5.32 Å². The molecular formula is C17H22N2O. The molecule has 3 aliphatic rings. The molecule has 3 heteroatoms. The van der Waals surface area contributed by atoms with E-state index in [0.717, 1.165) is 29.2 Å². The van der Waals surface area contributed by atoms with E-state index in [4.69, 9.17) is 5.73 Å². The second-order valence-electron chi connectivity index (χ2n) is 6.86. The average molecular weight is 270 g/mol. The van der Waals surface area contributed by atoms with Crippen LogP contribution in [0.3, 0.4) is 0 Å². The summed E-state index contributed by atoms with van der Waals surface area (Å²) in [5, 5.41) is 3.28. The van der Waals surface area contributed by atoms with E-state index in [1.165, 1.54) is 32.1 Å². The first-order chi connectivity index (χ1) is 9.72. The van der Waals surface area contributed by atoms with Crippen molar-refractivity contribution in [2.24, 2.45) is 23.7 Å². The molecule has 106 valence electrons. The van der Waals surface area contributed by atoms with Crippen LogP contribution in [0.5, 0.6) is 0 Å². The zero-order valence-corrected chi connectivity index (χ0v) is 11.7. The number of rotatable bonds is 2. The average Bonchev–Trinajstić information content (AvgIpc) is 3.11. The summed E-state index contributed by atoms with van der Waals surface area (Å²) in [6, 6.07) is 7.63. The van der Waals surface area contributed by atoms with Crippen LogP contribution in [0, 0.1) is 23.7 Å². The van der Waals surface area contributed by atoms with Gasteiger partial charge in [0.25, 0.3) is 5.91 Å². The summed E-state index contributed by atoms with van der Waals surface area (Å²) in [6.45, 7) is 0. The third-order valence-electron chi connectivity index (χ3n) is 5.92. The fourth-order valence-corrected chi connectivity index (χ4v) is 5.12. The van der Waals surface area contributed by atoms with Gasteiger partial charge >= 0.3 is 0 Å². The van der Waals surface area contributed by atoms with Gasteiger partial charge in [0, 0.05) is 17.3 Å². The number of fused-ring (bicyclic) bond motifs is 5. The largest absolute Gasteiger partial charge is 0.399 e. The number of hydrogen-bond donors (Lipinski definition) is 2. The number of carbonyl (C=O) groups excluding carboxylic acids is 1. The van der Waals surface area contributed by atoms with Crippen molar-refractivity contribution < 1.29 is 4.79 Å².